The molecule has 116 valence electrons. The third-order valence-electron chi connectivity index (χ3n) is 3.63. The van der Waals surface area contributed by atoms with Gasteiger partial charge in [-0.3, -0.25) is 0 Å². The topological polar surface area (TPSA) is 92.7 Å². The number of ether oxygens (including phenoxy) is 1. The smallest absolute Gasteiger partial charge is 0.335 e. The SMILES string of the molecule is Cc1cc(C)c(S(=O)(=O)NCC2CCOC2)cc1C(=O)O. The van der Waals surface area contributed by atoms with E-state index in [-0.39, 0.29) is 16.4 Å². The van der Waals surface area contributed by atoms with Crippen LogP contribution in [0.15, 0.2) is 17.0 Å². The number of nitrogens with one attached hydrogen (secondary N) is 1. The average Bonchev–Trinajstić information content (AvgIpc) is 2.88. The molecule has 1 fully saturated rings. The Hall–Kier alpha value is -1.44. The minimum atomic E-state index is -3.72. The van der Waals surface area contributed by atoms with Crippen LogP contribution in [-0.2, 0) is 14.8 Å². The summed E-state index contributed by atoms with van der Waals surface area (Å²) in [7, 11) is -3.72. The molecule has 0 bridgehead atoms. The van der Waals surface area contributed by atoms with Gasteiger partial charge in [-0.25, -0.2) is 17.9 Å². The summed E-state index contributed by atoms with van der Waals surface area (Å²) in [6.45, 7) is 4.81. The molecule has 1 aromatic carbocycles. The first-order valence-electron chi connectivity index (χ1n) is 6.73. The highest BCUT2D eigenvalue weighted by atomic mass is 32.2. The van der Waals surface area contributed by atoms with Crippen LogP contribution in [0.1, 0.15) is 27.9 Å². The van der Waals surface area contributed by atoms with Crippen molar-refractivity contribution in [3.8, 4) is 0 Å². The van der Waals surface area contributed by atoms with Crippen molar-refractivity contribution in [2.75, 3.05) is 19.8 Å². The Bertz CT molecular complexity index is 648. The van der Waals surface area contributed by atoms with Crippen molar-refractivity contribution in [1.29, 1.82) is 0 Å². The maximum absolute atomic E-state index is 12.4. The Balaban J connectivity index is 2.26. The highest BCUT2D eigenvalue weighted by Crippen LogP contribution is 2.21. The van der Waals surface area contributed by atoms with Gasteiger partial charge < -0.3 is 9.84 Å². The normalized spacial score (nSPS) is 18.9. The molecule has 1 aromatic rings. The zero-order valence-corrected chi connectivity index (χ0v) is 12.9. The predicted molar refractivity (Wildman–Crippen MR) is 77.0 cm³/mol. The molecule has 21 heavy (non-hydrogen) atoms. The second kappa shape index (κ2) is 6.13. The van der Waals surface area contributed by atoms with Gasteiger partial charge in [-0.05, 0) is 43.4 Å². The highest BCUT2D eigenvalue weighted by molar-refractivity contribution is 7.89. The minimum absolute atomic E-state index is 0.00479. The molecule has 0 spiro atoms. The lowest BCUT2D eigenvalue weighted by atomic mass is 10.1. The molecule has 0 aliphatic carbocycles. The van der Waals surface area contributed by atoms with Crippen LogP contribution in [0.2, 0.25) is 0 Å². The average molecular weight is 313 g/mol. The zero-order valence-electron chi connectivity index (χ0n) is 12.0. The lowest BCUT2D eigenvalue weighted by molar-refractivity contribution is 0.0696. The number of hydrogen-bond donors (Lipinski definition) is 2. The Morgan fingerprint density at radius 3 is 2.67 bits per heavy atom. The van der Waals surface area contributed by atoms with Crippen molar-refractivity contribution in [2.24, 2.45) is 5.92 Å². The second-order valence-corrected chi connectivity index (χ2v) is 7.05. The number of sulfonamides is 1. The van der Waals surface area contributed by atoms with Gasteiger partial charge in [0.15, 0.2) is 0 Å². The van der Waals surface area contributed by atoms with E-state index in [2.05, 4.69) is 4.72 Å². The van der Waals surface area contributed by atoms with E-state index < -0.39 is 16.0 Å². The summed E-state index contributed by atoms with van der Waals surface area (Å²) in [4.78, 5) is 11.2. The summed E-state index contributed by atoms with van der Waals surface area (Å²) >= 11 is 0. The molecule has 1 unspecified atom stereocenters. The van der Waals surface area contributed by atoms with E-state index in [0.29, 0.717) is 30.9 Å². The quantitative estimate of drug-likeness (QED) is 0.855. The van der Waals surface area contributed by atoms with E-state index in [1.165, 1.54) is 6.07 Å². The van der Waals surface area contributed by atoms with Gasteiger partial charge in [0.05, 0.1) is 17.1 Å². The molecule has 1 saturated heterocycles. The van der Waals surface area contributed by atoms with Crippen molar-refractivity contribution >= 4 is 16.0 Å². The third-order valence-corrected chi connectivity index (χ3v) is 5.19. The standard InChI is InChI=1S/C14H19NO5S/c1-9-5-10(2)13(6-12(9)14(16)17)21(18,19)15-7-11-3-4-20-8-11/h5-6,11,15H,3-4,7-8H2,1-2H3,(H,16,17). The Kier molecular flexibility index (Phi) is 4.65. The summed E-state index contributed by atoms with van der Waals surface area (Å²) in [6.07, 6.45) is 0.829. The first-order chi connectivity index (χ1) is 9.81. The first-order valence-corrected chi connectivity index (χ1v) is 8.21. The Morgan fingerprint density at radius 1 is 1.38 bits per heavy atom. The summed E-state index contributed by atoms with van der Waals surface area (Å²) in [6, 6.07) is 2.80. The molecule has 1 aliphatic rings. The number of carboxylic acids is 1. The molecular weight excluding hydrogens is 294 g/mol. The van der Waals surface area contributed by atoms with Crippen molar-refractivity contribution in [2.45, 2.75) is 25.2 Å². The number of hydrogen-bond acceptors (Lipinski definition) is 4. The van der Waals surface area contributed by atoms with E-state index in [1.54, 1.807) is 19.9 Å². The van der Waals surface area contributed by atoms with Gasteiger partial charge in [0.25, 0.3) is 0 Å². The maximum atomic E-state index is 12.4. The van der Waals surface area contributed by atoms with Crippen LogP contribution in [-0.4, -0.2) is 39.3 Å². The van der Waals surface area contributed by atoms with Crippen molar-refractivity contribution in [3.05, 3.63) is 28.8 Å². The first kappa shape index (κ1) is 15.9. The molecule has 0 radical (unpaired) electrons. The fraction of sp³-hybridized carbons (Fsp3) is 0.500. The Labute approximate surface area is 124 Å². The van der Waals surface area contributed by atoms with Gasteiger partial charge in [-0.15, -0.1) is 0 Å². The molecule has 2 rings (SSSR count). The molecule has 7 heteroatoms. The molecule has 1 aliphatic heterocycles. The molecule has 1 heterocycles. The van der Waals surface area contributed by atoms with E-state index in [0.717, 1.165) is 6.42 Å². The molecule has 0 saturated carbocycles. The summed E-state index contributed by atoms with van der Waals surface area (Å²) < 4.78 is 32.5. The number of rotatable bonds is 5. The fourth-order valence-electron chi connectivity index (χ4n) is 2.40. The fourth-order valence-corrected chi connectivity index (χ4v) is 3.77. The number of carbonyl (C=O) groups is 1. The van der Waals surface area contributed by atoms with Crippen molar-refractivity contribution < 1.29 is 23.1 Å². The third kappa shape index (κ3) is 3.61. The van der Waals surface area contributed by atoms with Gasteiger partial charge in [0.1, 0.15) is 0 Å². The van der Waals surface area contributed by atoms with E-state index in [4.69, 9.17) is 9.84 Å². The molecule has 1 atom stereocenters. The van der Waals surface area contributed by atoms with Crippen LogP contribution in [0.5, 0.6) is 0 Å². The van der Waals surface area contributed by atoms with Crippen LogP contribution in [0, 0.1) is 19.8 Å². The number of benzene rings is 1. The Morgan fingerprint density at radius 2 is 2.10 bits per heavy atom. The second-order valence-electron chi connectivity index (χ2n) is 5.32. The summed E-state index contributed by atoms with van der Waals surface area (Å²) in [5.74, 6) is -0.961. The number of carboxylic acid groups (broad SMARTS) is 1. The summed E-state index contributed by atoms with van der Waals surface area (Å²) in [5, 5.41) is 9.12. The van der Waals surface area contributed by atoms with Crippen molar-refractivity contribution in [1.82, 2.24) is 4.72 Å². The van der Waals surface area contributed by atoms with E-state index in [1.807, 2.05) is 0 Å². The van der Waals surface area contributed by atoms with Gasteiger partial charge in [0.2, 0.25) is 10.0 Å². The monoisotopic (exact) mass is 313 g/mol. The zero-order chi connectivity index (χ0) is 15.6. The molecule has 0 amide bonds. The van der Waals surface area contributed by atoms with Crippen LogP contribution >= 0.6 is 0 Å². The largest absolute Gasteiger partial charge is 0.478 e. The maximum Gasteiger partial charge on any atom is 0.335 e. The van der Waals surface area contributed by atoms with Crippen molar-refractivity contribution in [3.63, 3.8) is 0 Å². The van der Waals surface area contributed by atoms with Crippen LogP contribution < -0.4 is 4.72 Å². The molecule has 0 aromatic heterocycles. The van der Waals surface area contributed by atoms with E-state index >= 15 is 0 Å². The molecule has 6 nitrogen and oxygen atoms in total. The number of aromatic carboxylic acids is 1. The minimum Gasteiger partial charge on any atom is -0.478 e. The van der Waals surface area contributed by atoms with E-state index in [9.17, 15) is 13.2 Å². The highest BCUT2D eigenvalue weighted by Gasteiger charge is 2.23. The predicted octanol–water partition coefficient (Wildman–Crippen LogP) is 1.32. The van der Waals surface area contributed by atoms with Gasteiger partial charge in [0, 0.05) is 13.2 Å². The van der Waals surface area contributed by atoms with Gasteiger partial charge in [-0.1, -0.05) is 6.07 Å². The molecule has 2 N–H and O–H groups in total. The van der Waals surface area contributed by atoms with Crippen LogP contribution in [0.25, 0.3) is 0 Å². The van der Waals surface area contributed by atoms with Gasteiger partial charge in [-0.2, -0.15) is 0 Å². The lowest BCUT2D eigenvalue weighted by Gasteiger charge is -2.13. The van der Waals surface area contributed by atoms with Crippen LogP contribution in [0.3, 0.4) is 0 Å². The molecular formula is C14H19NO5S. The van der Waals surface area contributed by atoms with Gasteiger partial charge >= 0.3 is 5.97 Å². The lowest BCUT2D eigenvalue weighted by Crippen LogP contribution is -2.30. The number of aryl methyl sites for hydroxylation is 2. The van der Waals surface area contributed by atoms with Crippen LogP contribution in [0.4, 0.5) is 0 Å². The summed E-state index contributed by atoms with van der Waals surface area (Å²) in [5.41, 5.74) is 1.08.